The highest BCUT2D eigenvalue weighted by Gasteiger charge is 2.31. The highest BCUT2D eigenvalue weighted by molar-refractivity contribution is 6.72. The summed E-state index contributed by atoms with van der Waals surface area (Å²) in [7, 11) is 0. The first-order chi connectivity index (χ1) is 8.68. The maximum atomic E-state index is 12.5. The van der Waals surface area contributed by atoms with Crippen molar-refractivity contribution in [2.45, 2.75) is 6.18 Å². The van der Waals surface area contributed by atoms with Crippen molar-refractivity contribution >= 4 is 12.6 Å². The molecule has 0 saturated carbocycles. The van der Waals surface area contributed by atoms with Gasteiger partial charge in [0.15, 0.2) is 0 Å². The molecule has 1 aromatic heterocycles. The van der Waals surface area contributed by atoms with Gasteiger partial charge in [-0.15, -0.1) is 0 Å². The Balaban J connectivity index is 2.40. The number of halogens is 6. The van der Waals surface area contributed by atoms with E-state index in [1.807, 2.05) is 0 Å². The largest absolute Gasteiger partial charge is 0.531 e. The number of alkyl halides is 3. The molecule has 0 N–H and O–H groups in total. The van der Waals surface area contributed by atoms with Crippen LogP contribution in [0.15, 0.2) is 30.5 Å². The number of benzene rings is 1. The van der Waals surface area contributed by atoms with Gasteiger partial charge in [0.2, 0.25) is 0 Å². The van der Waals surface area contributed by atoms with E-state index in [0.717, 1.165) is 12.1 Å². The Morgan fingerprint density at radius 3 is 2.32 bits per heavy atom. The molecule has 102 valence electrons. The molecule has 1 heterocycles. The molecule has 0 fully saturated rings. The van der Waals surface area contributed by atoms with Crippen molar-refractivity contribution in [2.24, 2.45) is 0 Å². The van der Waals surface area contributed by atoms with Crippen LogP contribution in [0.25, 0.3) is 5.69 Å². The number of rotatable bonds is 2. The number of nitrogens with zero attached hydrogens (tertiary/aromatic N) is 3. The average molecular weight is 280 g/mol. The molecule has 0 saturated heterocycles. The summed E-state index contributed by atoms with van der Waals surface area (Å²) in [4.78, 5) is 0. The monoisotopic (exact) mass is 280 g/mol. The van der Waals surface area contributed by atoms with E-state index >= 15 is 0 Å². The van der Waals surface area contributed by atoms with Crippen molar-refractivity contribution in [3.8, 4) is 5.69 Å². The third-order valence-electron chi connectivity index (χ3n) is 2.28. The molecule has 3 nitrogen and oxygen atoms in total. The van der Waals surface area contributed by atoms with Gasteiger partial charge in [-0.3, -0.25) is 0 Å². The normalized spacial score (nSPS) is 12.7. The van der Waals surface area contributed by atoms with Gasteiger partial charge < -0.3 is 12.9 Å². The lowest BCUT2D eigenvalue weighted by molar-refractivity contribution is -0.137. The van der Waals surface area contributed by atoms with E-state index < -0.39 is 24.3 Å². The molecule has 0 atom stereocenters. The molecule has 0 bridgehead atoms. The van der Waals surface area contributed by atoms with Crippen molar-refractivity contribution in [2.75, 3.05) is 0 Å². The molecule has 19 heavy (non-hydrogen) atoms. The second-order valence-electron chi connectivity index (χ2n) is 3.71. The molecular weight excluding hydrogens is 275 g/mol. The van der Waals surface area contributed by atoms with Crippen LogP contribution in [0.4, 0.5) is 26.1 Å². The van der Waals surface area contributed by atoms with Crippen LogP contribution < -0.4 is 5.59 Å². The highest BCUT2D eigenvalue weighted by atomic mass is 19.4. The predicted octanol–water partition coefficient (Wildman–Crippen LogP) is 2.34. The molecule has 2 rings (SSSR count). The Morgan fingerprint density at radius 2 is 1.79 bits per heavy atom. The molecular formula is C9H5BF6N3-. The second-order valence-corrected chi connectivity index (χ2v) is 3.71. The van der Waals surface area contributed by atoms with E-state index in [4.69, 9.17) is 0 Å². The van der Waals surface area contributed by atoms with E-state index in [1.54, 1.807) is 0 Å². The number of hydrogen-bond donors (Lipinski definition) is 0. The fraction of sp³-hybridized carbons (Fsp3) is 0.111. The minimum absolute atomic E-state index is 0.145. The Bertz CT molecular complexity index is 588. The lowest BCUT2D eigenvalue weighted by Gasteiger charge is -2.09. The first-order valence-electron chi connectivity index (χ1n) is 4.98. The molecule has 0 amide bonds. The quantitative estimate of drug-likeness (QED) is 0.624. The molecule has 0 spiro atoms. The minimum Gasteiger partial charge on any atom is -0.444 e. The summed E-state index contributed by atoms with van der Waals surface area (Å²) in [5.41, 5.74) is -2.33. The van der Waals surface area contributed by atoms with Crippen LogP contribution in [0.2, 0.25) is 0 Å². The number of aromatic nitrogens is 3. The Morgan fingerprint density at radius 1 is 1.11 bits per heavy atom. The van der Waals surface area contributed by atoms with Crippen molar-refractivity contribution in [1.29, 1.82) is 0 Å². The summed E-state index contributed by atoms with van der Waals surface area (Å²) < 4.78 is 75.1. The predicted molar refractivity (Wildman–Crippen MR) is 55.1 cm³/mol. The molecule has 10 heteroatoms. The van der Waals surface area contributed by atoms with Gasteiger partial charge in [0.25, 0.3) is 0 Å². The van der Waals surface area contributed by atoms with Gasteiger partial charge in [-0.25, -0.2) is 4.68 Å². The molecule has 0 aliphatic rings. The zero-order valence-electron chi connectivity index (χ0n) is 9.07. The van der Waals surface area contributed by atoms with Crippen LogP contribution in [-0.2, 0) is 6.18 Å². The fourth-order valence-corrected chi connectivity index (χ4v) is 1.38. The SMILES string of the molecule is F[B-](F)(F)c1cn(-c2cccc(C(F)(F)F)c2)nn1. The Kier molecular flexibility index (Phi) is 3.03. The standard InChI is InChI=1S/C9H5BF6N3/c11-9(12,13)6-2-1-3-7(4-6)19-5-8(17-18-19)10(14,15)16/h1-5H/q-1. The van der Waals surface area contributed by atoms with Crippen LogP contribution >= 0.6 is 0 Å². The zero-order valence-corrected chi connectivity index (χ0v) is 9.07. The van der Waals surface area contributed by atoms with Gasteiger partial charge >= 0.3 is 13.2 Å². The van der Waals surface area contributed by atoms with Crippen LogP contribution in [0, 0.1) is 0 Å². The van der Waals surface area contributed by atoms with Crippen molar-refractivity contribution in [1.82, 2.24) is 15.0 Å². The van der Waals surface area contributed by atoms with Crippen LogP contribution in [0.3, 0.4) is 0 Å². The number of hydrogen-bond acceptors (Lipinski definition) is 2. The van der Waals surface area contributed by atoms with Gasteiger partial charge in [-0.05, 0) is 18.2 Å². The fourth-order valence-electron chi connectivity index (χ4n) is 1.38. The van der Waals surface area contributed by atoms with Gasteiger partial charge in [0.05, 0.1) is 11.3 Å². The van der Waals surface area contributed by atoms with Gasteiger partial charge in [0.1, 0.15) is 0 Å². The Hall–Kier alpha value is -2.00. The molecule has 0 aliphatic heterocycles. The van der Waals surface area contributed by atoms with E-state index in [9.17, 15) is 26.1 Å². The lowest BCUT2D eigenvalue weighted by Crippen LogP contribution is -2.35. The first-order valence-corrected chi connectivity index (χ1v) is 4.98. The van der Waals surface area contributed by atoms with E-state index in [1.165, 1.54) is 6.07 Å². The van der Waals surface area contributed by atoms with Crippen LogP contribution in [0.5, 0.6) is 0 Å². The summed E-state index contributed by atoms with van der Waals surface area (Å²) in [6.07, 6.45) is -4.02. The lowest BCUT2D eigenvalue weighted by atomic mass is 9.87. The van der Waals surface area contributed by atoms with E-state index in [-0.39, 0.29) is 5.69 Å². The van der Waals surface area contributed by atoms with Crippen molar-refractivity contribution < 1.29 is 26.1 Å². The smallest absolute Gasteiger partial charge is 0.444 e. The maximum Gasteiger partial charge on any atom is 0.531 e. The van der Waals surface area contributed by atoms with Crippen molar-refractivity contribution in [3.63, 3.8) is 0 Å². The molecule has 0 aliphatic carbocycles. The summed E-state index contributed by atoms with van der Waals surface area (Å²) in [6.45, 7) is -5.33. The van der Waals surface area contributed by atoms with Crippen LogP contribution in [0.1, 0.15) is 5.56 Å². The maximum absolute atomic E-state index is 12.5. The third kappa shape index (κ3) is 2.88. The molecule has 2 aromatic rings. The Labute approximate surface area is 102 Å². The molecule has 1 aromatic carbocycles. The van der Waals surface area contributed by atoms with Gasteiger partial charge in [-0.2, -0.15) is 18.3 Å². The average Bonchev–Trinajstić information content (AvgIpc) is 2.77. The van der Waals surface area contributed by atoms with Crippen LogP contribution in [-0.4, -0.2) is 22.0 Å². The summed E-state index contributed by atoms with van der Waals surface area (Å²) in [5.74, 6) is 0. The van der Waals surface area contributed by atoms with E-state index in [0.29, 0.717) is 16.9 Å². The third-order valence-corrected chi connectivity index (χ3v) is 2.28. The van der Waals surface area contributed by atoms with Gasteiger partial charge in [-0.1, -0.05) is 11.3 Å². The zero-order chi connectivity index (χ0) is 14.3. The summed E-state index contributed by atoms with van der Waals surface area (Å²) in [6, 6.07) is 3.80. The molecule has 0 unspecified atom stereocenters. The first kappa shape index (κ1) is 13.4. The topological polar surface area (TPSA) is 30.7 Å². The second kappa shape index (κ2) is 4.28. The highest BCUT2D eigenvalue weighted by Crippen LogP contribution is 2.30. The minimum atomic E-state index is -5.33. The van der Waals surface area contributed by atoms with E-state index in [2.05, 4.69) is 10.3 Å². The molecule has 0 radical (unpaired) electrons. The summed E-state index contributed by atoms with van der Waals surface area (Å²) >= 11 is 0. The van der Waals surface area contributed by atoms with Crippen molar-refractivity contribution in [3.05, 3.63) is 36.0 Å². The summed E-state index contributed by atoms with van der Waals surface area (Å²) in [5, 5.41) is 6.06. The van der Waals surface area contributed by atoms with Gasteiger partial charge in [0, 0.05) is 11.8 Å².